The first-order valence-electron chi connectivity index (χ1n) is 6.21. The topological polar surface area (TPSA) is 42.2 Å². The molecule has 2 aromatic rings. The molecule has 4 heteroatoms. The fraction of sp³-hybridized carbons (Fsp3) is 0.188. The van der Waals surface area contributed by atoms with E-state index in [2.05, 4.69) is 6.07 Å². The van der Waals surface area contributed by atoms with Gasteiger partial charge in [0.05, 0.1) is 5.56 Å². The largest absolute Gasteiger partial charge is 0.490 e. The zero-order chi connectivity index (χ0) is 14.4. The van der Waals surface area contributed by atoms with Gasteiger partial charge in [0.25, 0.3) is 0 Å². The normalized spacial score (nSPS) is 9.85. The molecule has 0 N–H and O–H groups in total. The molecule has 2 rings (SSSR count). The van der Waals surface area contributed by atoms with Crippen LogP contribution in [0.4, 0.5) is 4.39 Å². The molecule has 0 unspecified atom stereocenters. The molecule has 0 aromatic heterocycles. The fourth-order valence-corrected chi connectivity index (χ4v) is 1.70. The third-order valence-electron chi connectivity index (χ3n) is 2.75. The average molecular weight is 271 g/mol. The Bertz CT molecular complexity index is 635. The van der Waals surface area contributed by atoms with Crippen molar-refractivity contribution in [2.75, 3.05) is 13.2 Å². The SMILES string of the molecule is Cc1cc(OCCOc2ccccc2C#N)ccc1F. The van der Waals surface area contributed by atoms with E-state index in [4.69, 9.17) is 14.7 Å². The van der Waals surface area contributed by atoms with Crippen LogP contribution < -0.4 is 9.47 Å². The van der Waals surface area contributed by atoms with Crippen LogP contribution in [0.2, 0.25) is 0 Å². The van der Waals surface area contributed by atoms with Crippen molar-refractivity contribution in [3.63, 3.8) is 0 Å². The molecule has 0 saturated carbocycles. The number of rotatable bonds is 5. The molecule has 0 amide bonds. The number of para-hydroxylation sites is 1. The van der Waals surface area contributed by atoms with Gasteiger partial charge in [-0.25, -0.2) is 4.39 Å². The summed E-state index contributed by atoms with van der Waals surface area (Å²) in [5, 5.41) is 8.91. The van der Waals surface area contributed by atoms with Crippen LogP contribution in [-0.4, -0.2) is 13.2 Å². The van der Waals surface area contributed by atoms with Gasteiger partial charge in [0.1, 0.15) is 36.6 Å². The highest BCUT2D eigenvalue weighted by Crippen LogP contribution is 2.17. The predicted octanol–water partition coefficient (Wildman–Crippen LogP) is 3.46. The third kappa shape index (κ3) is 3.48. The van der Waals surface area contributed by atoms with E-state index in [9.17, 15) is 4.39 Å². The minimum absolute atomic E-state index is 0.253. The Hall–Kier alpha value is -2.54. The standard InChI is InChI=1S/C16H14FNO2/c1-12-10-14(6-7-15(12)17)19-8-9-20-16-5-3-2-4-13(16)11-18/h2-7,10H,8-9H2,1H3. The van der Waals surface area contributed by atoms with Crippen LogP contribution in [0, 0.1) is 24.1 Å². The monoisotopic (exact) mass is 271 g/mol. The molecule has 102 valence electrons. The van der Waals surface area contributed by atoms with Gasteiger partial charge < -0.3 is 9.47 Å². The maximum atomic E-state index is 13.1. The van der Waals surface area contributed by atoms with E-state index in [0.717, 1.165) is 0 Å². The van der Waals surface area contributed by atoms with Crippen molar-refractivity contribution in [2.24, 2.45) is 0 Å². The average Bonchev–Trinajstić information content (AvgIpc) is 2.47. The molecule has 0 heterocycles. The van der Waals surface area contributed by atoms with Gasteiger partial charge in [-0.05, 0) is 42.8 Å². The summed E-state index contributed by atoms with van der Waals surface area (Å²) in [7, 11) is 0. The zero-order valence-corrected chi connectivity index (χ0v) is 11.1. The van der Waals surface area contributed by atoms with Gasteiger partial charge in [-0.2, -0.15) is 5.26 Å². The summed E-state index contributed by atoms with van der Waals surface area (Å²) in [6, 6.07) is 13.7. The molecule has 0 spiro atoms. The lowest BCUT2D eigenvalue weighted by atomic mass is 10.2. The first kappa shape index (κ1) is 13.9. The van der Waals surface area contributed by atoms with Gasteiger partial charge in [0.15, 0.2) is 0 Å². The third-order valence-corrected chi connectivity index (χ3v) is 2.75. The summed E-state index contributed by atoms with van der Waals surface area (Å²) in [6.45, 7) is 2.32. The number of nitrogens with zero attached hydrogens (tertiary/aromatic N) is 1. The van der Waals surface area contributed by atoms with Crippen LogP contribution >= 0.6 is 0 Å². The summed E-state index contributed by atoms with van der Waals surface area (Å²) in [6.07, 6.45) is 0. The Morgan fingerprint density at radius 2 is 1.85 bits per heavy atom. The van der Waals surface area contributed by atoms with Crippen LogP contribution in [-0.2, 0) is 0 Å². The lowest BCUT2D eigenvalue weighted by molar-refractivity contribution is 0.216. The minimum atomic E-state index is -0.253. The number of aryl methyl sites for hydroxylation is 1. The second-order valence-electron chi connectivity index (χ2n) is 4.22. The van der Waals surface area contributed by atoms with Crippen LogP contribution in [0.3, 0.4) is 0 Å². The highest BCUT2D eigenvalue weighted by Gasteiger charge is 2.02. The lowest BCUT2D eigenvalue weighted by Gasteiger charge is -2.09. The number of nitriles is 1. The van der Waals surface area contributed by atoms with Crippen LogP contribution in [0.15, 0.2) is 42.5 Å². The molecule has 2 aromatic carbocycles. The van der Waals surface area contributed by atoms with Crippen LogP contribution in [0.1, 0.15) is 11.1 Å². The summed E-state index contributed by atoms with van der Waals surface area (Å²) >= 11 is 0. The molecule has 0 radical (unpaired) electrons. The summed E-state index contributed by atoms with van der Waals surface area (Å²) < 4.78 is 24.0. The first-order chi connectivity index (χ1) is 9.70. The molecule has 0 aliphatic heterocycles. The molecule has 20 heavy (non-hydrogen) atoms. The maximum absolute atomic E-state index is 13.1. The molecule has 0 atom stereocenters. The minimum Gasteiger partial charge on any atom is -0.490 e. The smallest absolute Gasteiger partial charge is 0.137 e. The van der Waals surface area contributed by atoms with Gasteiger partial charge in [-0.3, -0.25) is 0 Å². The van der Waals surface area contributed by atoms with E-state index in [0.29, 0.717) is 35.8 Å². The number of ether oxygens (including phenoxy) is 2. The van der Waals surface area contributed by atoms with E-state index in [1.54, 1.807) is 43.3 Å². The van der Waals surface area contributed by atoms with E-state index < -0.39 is 0 Å². The summed E-state index contributed by atoms with van der Waals surface area (Å²) in [4.78, 5) is 0. The predicted molar refractivity (Wildman–Crippen MR) is 73.3 cm³/mol. The Balaban J connectivity index is 1.85. The van der Waals surface area contributed by atoms with Gasteiger partial charge in [0, 0.05) is 0 Å². The molecular formula is C16H14FNO2. The lowest BCUT2D eigenvalue weighted by Crippen LogP contribution is -2.09. The quantitative estimate of drug-likeness (QED) is 0.782. The zero-order valence-electron chi connectivity index (χ0n) is 11.1. The van der Waals surface area contributed by atoms with Crippen LogP contribution in [0.25, 0.3) is 0 Å². The fourth-order valence-electron chi connectivity index (χ4n) is 1.70. The molecule has 0 fully saturated rings. The molecular weight excluding hydrogens is 257 g/mol. The van der Waals surface area contributed by atoms with Crippen molar-refractivity contribution in [1.82, 2.24) is 0 Å². The second kappa shape index (κ2) is 6.58. The number of hydrogen-bond donors (Lipinski definition) is 0. The Morgan fingerprint density at radius 3 is 2.60 bits per heavy atom. The van der Waals surface area contributed by atoms with Gasteiger partial charge in [-0.15, -0.1) is 0 Å². The number of benzene rings is 2. The number of hydrogen-bond acceptors (Lipinski definition) is 3. The van der Waals surface area contributed by atoms with Gasteiger partial charge >= 0.3 is 0 Å². The van der Waals surface area contributed by atoms with Gasteiger partial charge in [-0.1, -0.05) is 12.1 Å². The van der Waals surface area contributed by atoms with E-state index in [-0.39, 0.29) is 5.82 Å². The van der Waals surface area contributed by atoms with E-state index in [1.807, 2.05) is 0 Å². The van der Waals surface area contributed by atoms with Crippen molar-refractivity contribution < 1.29 is 13.9 Å². The molecule has 0 aliphatic carbocycles. The molecule has 0 bridgehead atoms. The van der Waals surface area contributed by atoms with Gasteiger partial charge in [0.2, 0.25) is 0 Å². The Kier molecular flexibility index (Phi) is 4.56. The first-order valence-corrected chi connectivity index (χ1v) is 6.21. The van der Waals surface area contributed by atoms with E-state index >= 15 is 0 Å². The highest BCUT2D eigenvalue weighted by molar-refractivity contribution is 5.42. The molecule has 0 saturated heterocycles. The maximum Gasteiger partial charge on any atom is 0.137 e. The second-order valence-corrected chi connectivity index (χ2v) is 4.22. The Morgan fingerprint density at radius 1 is 1.10 bits per heavy atom. The van der Waals surface area contributed by atoms with Crippen molar-refractivity contribution in [2.45, 2.75) is 6.92 Å². The number of halogens is 1. The van der Waals surface area contributed by atoms with Crippen molar-refractivity contribution in [3.05, 3.63) is 59.4 Å². The highest BCUT2D eigenvalue weighted by atomic mass is 19.1. The summed E-state index contributed by atoms with van der Waals surface area (Å²) in [5.74, 6) is 0.881. The van der Waals surface area contributed by atoms with Crippen LogP contribution in [0.5, 0.6) is 11.5 Å². The van der Waals surface area contributed by atoms with Crippen molar-refractivity contribution >= 4 is 0 Å². The van der Waals surface area contributed by atoms with E-state index in [1.165, 1.54) is 6.07 Å². The molecule has 3 nitrogen and oxygen atoms in total. The Labute approximate surface area is 117 Å². The van der Waals surface area contributed by atoms with Crippen molar-refractivity contribution in [1.29, 1.82) is 5.26 Å². The summed E-state index contributed by atoms with van der Waals surface area (Å²) in [5.41, 5.74) is 1.03. The molecule has 0 aliphatic rings. The van der Waals surface area contributed by atoms with Crippen molar-refractivity contribution in [3.8, 4) is 17.6 Å².